The van der Waals surface area contributed by atoms with Crippen LogP contribution in [0.3, 0.4) is 0 Å². The molecule has 1 fully saturated rings. The van der Waals surface area contributed by atoms with E-state index in [2.05, 4.69) is 23.9 Å². The molecule has 2 N–H and O–H groups in total. The van der Waals surface area contributed by atoms with Crippen LogP contribution in [-0.4, -0.2) is 58.7 Å². The lowest BCUT2D eigenvalue weighted by Gasteiger charge is -2.35. The quantitative estimate of drug-likeness (QED) is 0.626. The number of nitrogens with one attached hydrogen (secondary N) is 2. The van der Waals surface area contributed by atoms with E-state index in [0.29, 0.717) is 38.2 Å². The summed E-state index contributed by atoms with van der Waals surface area (Å²) in [6.45, 7) is 7.03. The maximum Gasteiger partial charge on any atom is 0.279 e. The molecule has 0 aromatic heterocycles. The molecule has 0 bridgehead atoms. The Hall–Kier alpha value is -0.210. The fourth-order valence-corrected chi connectivity index (χ4v) is 3.73. The van der Waals surface area contributed by atoms with E-state index in [1.54, 1.807) is 11.4 Å². The van der Waals surface area contributed by atoms with Gasteiger partial charge in [-0.1, -0.05) is 6.92 Å². The molecule has 1 aliphatic heterocycles. The van der Waals surface area contributed by atoms with Crippen LogP contribution in [0.1, 0.15) is 26.7 Å². The summed E-state index contributed by atoms with van der Waals surface area (Å²) >= 11 is 0. The van der Waals surface area contributed by atoms with Crippen molar-refractivity contribution in [3.8, 4) is 0 Å². The average Bonchev–Trinajstić information content (AvgIpc) is 2.39. The Morgan fingerprint density at radius 1 is 1.47 bits per heavy atom. The van der Waals surface area contributed by atoms with Crippen LogP contribution in [0, 0.1) is 5.92 Å². The number of hydrogen-bond donors (Lipinski definition) is 2. The molecular formula is C12H27N3O3S. The van der Waals surface area contributed by atoms with Crippen molar-refractivity contribution in [1.29, 1.82) is 0 Å². The van der Waals surface area contributed by atoms with Crippen molar-refractivity contribution < 1.29 is 13.2 Å². The van der Waals surface area contributed by atoms with E-state index in [9.17, 15) is 8.42 Å². The molecule has 0 aliphatic carbocycles. The van der Waals surface area contributed by atoms with Crippen molar-refractivity contribution >= 4 is 10.2 Å². The molecule has 1 aliphatic rings. The second kappa shape index (κ2) is 8.16. The standard InChI is InChI=1S/C12H27N3O3S/c1-4-13-11(2)12-6-5-8-15(10-12)19(16,17)14-7-9-18-3/h11-14H,4-10H2,1-3H3. The minimum absolute atomic E-state index is 0.322. The largest absolute Gasteiger partial charge is 0.383 e. The monoisotopic (exact) mass is 293 g/mol. The van der Waals surface area contributed by atoms with E-state index in [0.717, 1.165) is 19.4 Å². The lowest BCUT2D eigenvalue weighted by atomic mass is 9.93. The fraction of sp³-hybridized carbons (Fsp3) is 1.00. The summed E-state index contributed by atoms with van der Waals surface area (Å²) in [7, 11) is -1.80. The lowest BCUT2D eigenvalue weighted by molar-refractivity contribution is 0.200. The first-order valence-electron chi connectivity index (χ1n) is 6.98. The van der Waals surface area contributed by atoms with Crippen LogP contribution in [0.2, 0.25) is 0 Å². The average molecular weight is 293 g/mol. The number of rotatable bonds is 8. The highest BCUT2D eigenvalue weighted by Gasteiger charge is 2.30. The zero-order chi connectivity index (χ0) is 14.3. The third kappa shape index (κ3) is 5.35. The van der Waals surface area contributed by atoms with Gasteiger partial charge in [0.1, 0.15) is 0 Å². The number of ether oxygens (including phenoxy) is 1. The van der Waals surface area contributed by atoms with Gasteiger partial charge in [0.05, 0.1) is 6.61 Å². The van der Waals surface area contributed by atoms with Gasteiger partial charge in [0.2, 0.25) is 0 Å². The third-order valence-electron chi connectivity index (χ3n) is 3.58. The molecule has 2 unspecified atom stereocenters. The molecule has 19 heavy (non-hydrogen) atoms. The third-order valence-corrected chi connectivity index (χ3v) is 5.16. The van der Waals surface area contributed by atoms with Crippen molar-refractivity contribution in [1.82, 2.24) is 14.3 Å². The van der Waals surface area contributed by atoms with Gasteiger partial charge < -0.3 is 10.1 Å². The normalized spacial score (nSPS) is 23.4. The molecule has 0 aromatic carbocycles. The molecule has 0 spiro atoms. The zero-order valence-electron chi connectivity index (χ0n) is 12.2. The molecule has 0 aromatic rings. The first-order chi connectivity index (χ1) is 9.01. The summed E-state index contributed by atoms with van der Waals surface area (Å²) in [5, 5.41) is 3.38. The van der Waals surface area contributed by atoms with Crippen molar-refractivity contribution in [3.63, 3.8) is 0 Å². The second-order valence-corrected chi connectivity index (χ2v) is 6.75. The van der Waals surface area contributed by atoms with Crippen molar-refractivity contribution in [2.24, 2.45) is 5.92 Å². The smallest absolute Gasteiger partial charge is 0.279 e. The van der Waals surface area contributed by atoms with Gasteiger partial charge >= 0.3 is 0 Å². The van der Waals surface area contributed by atoms with Gasteiger partial charge in [-0.3, -0.25) is 0 Å². The van der Waals surface area contributed by atoms with Crippen LogP contribution in [0.4, 0.5) is 0 Å². The molecule has 7 heteroatoms. The topological polar surface area (TPSA) is 70.7 Å². The Morgan fingerprint density at radius 3 is 2.84 bits per heavy atom. The van der Waals surface area contributed by atoms with E-state index in [4.69, 9.17) is 4.74 Å². The predicted molar refractivity (Wildman–Crippen MR) is 76.2 cm³/mol. The predicted octanol–water partition coefficient (Wildman–Crippen LogP) is 0.177. The maximum absolute atomic E-state index is 12.1. The molecule has 114 valence electrons. The molecular weight excluding hydrogens is 266 g/mol. The van der Waals surface area contributed by atoms with Gasteiger partial charge in [0, 0.05) is 32.8 Å². The van der Waals surface area contributed by atoms with Crippen molar-refractivity contribution in [3.05, 3.63) is 0 Å². The molecule has 0 radical (unpaired) electrons. The van der Waals surface area contributed by atoms with Gasteiger partial charge in [-0.2, -0.15) is 17.4 Å². The highest BCUT2D eigenvalue weighted by Crippen LogP contribution is 2.21. The number of hydrogen-bond acceptors (Lipinski definition) is 4. The first kappa shape index (κ1) is 16.8. The summed E-state index contributed by atoms with van der Waals surface area (Å²) in [5.74, 6) is 0.382. The summed E-state index contributed by atoms with van der Waals surface area (Å²) in [6, 6.07) is 0.349. The van der Waals surface area contributed by atoms with Crippen LogP contribution in [0.25, 0.3) is 0 Å². The minimum Gasteiger partial charge on any atom is -0.383 e. The van der Waals surface area contributed by atoms with E-state index in [-0.39, 0.29) is 0 Å². The molecule has 0 amide bonds. The Balaban J connectivity index is 2.53. The number of methoxy groups -OCH3 is 1. The van der Waals surface area contributed by atoms with Crippen LogP contribution >= 0.6 is 0 Å². The number of piperidine rings is 1. The maximum atomic E-state index is 12.1. The molecule has 6 nitrogen and oxygen atoms in total. The van der Waals surface area contributed by atoms with Gasteiger partial charge in [-0.15, -0.1) is 0 Å². The summed E-state index contributed by atoms with van der Waals surface area (Å²) < 4.78 is 33.2. The SMILES string of the molecule is CCNC(C)C1CCCN(S(=O)(=O)NCCOC)C1. The van der Waals surface area contributed by atoms with E-state index in [1.807, 2.05) is 0 Å². The Morgan fingerprint density at radius 2 is 2.21 bits per heavy atom. The Labute approximate surface area is 117 Å². The minimum atomic E-state index is -3.36. The summed E-state index contributed by atoms with van der Waals surface area (Å²) in [5.41, 5.74) is 0. The zero-order valence-corrected chi connectivity index (χ0v) is 13.0. The molecule has 1 rings (SSSR count). The van der Waals surface area contributed by atoms with Gasteiger partial charge in [0.15, 0.2) is 0 Å². The Bertz CT molecular complexity index is 348. The van der Waals surface area contributed by atoms with E-state index >= 15 is 0 Å². The van der Waals surface area contributed by atoms with E-state index in [1.165, 1.54) is 0 Å². The fourth-order valence-electron chi connectivity index (χ4n) is 2.45. The second-order valence-electron chi connectivity index (χ2n) is 5.00. The van der Waals surface area contributed by atoms with Crippen LogP contribution < -0.4 is 10.0 Å². The number of nitrogens with zero attached hydrogens (tertiary/aromatic N) is 1. The van der Waals surface area contributed by atoms with Crippen molar-refractivity contribution in [2.75, 3.05) is 39.9 Å². The molecule has 0 saturated carbocycles. The van der Waals surface area contributed by atoms with E-state index < -0.39 is 10.2 Å². The first-order valence-corrected chi connectivity index (χ1v) is 8.42. The molecule has 1 heterocycles. The summed E-state index contributed by atoms with van der Waals surface area (Å²) in [6.07, 6.45) is 2.00. The highest BCUT2D eigenvalue weighted by atomic mass is 32.2. The molecule has 2 atom stereocenters. The molecule has 1 saturated heterocycles. The van der Waals surface area contributed by atoms with Gasteiger partial charge in [-0.25, -0.2) is 0 Å². The van der Waals surface area contributed by atoms with Crippen molar-refractivity contribution in [2.45, 2.75) is 32.7 Å². The van der Waals surface area contributed by atoms with Crippen LogP contribution in [0.5, 0.6) is 0 Å². The highest BCUT2D eigenvalue weighted by molar-refractivity contribution is 7.87. The van der Waals surface area contributed by atoms with Gasteiger partial charge in [-0.05, 0) is 32.2 Å². The van der Waals surface area contributed by atoms with Crippen LogP contribution in [0.15, 0.2) is 0 Å². The Kier molecular flexibility index (Phi) is 7.23. The van der Waals surface area contributed by atoms with Crippen LogP contribution in [-0.2, 0) is 14.9 Å². The van der Waals surface area contributed by atoms with Gasteiger partial charge in [0.25, 0.3) is 10.2 Å². The lowest BCUT2D eigenvalue weighted by Crippen LogP contribution is -2.50. The summed E-state index contributed by atoms with van der Waals surface area (Å²) in [4.78, 5) is 0.